The fourth-order valence-electron chi connectivity index (χ4n) is 4.65. The monoisotopic (exact) mass is 500 g/mol. The lowest BCUT2D eigenvalue weighted by Crippen LogP contribution is -2.40. The highest BCUT2D eigenvalue weighted by Crippen LogP contribution is 2.42. The molecule has 0 saturated carbocycles. The van der Waals surface area contributed by atoms with Crippen LogP contribution in [0.2, 0.25) is 0 Å². The van der Waals surface area contributed by atoms with Gasteiger partial charge in [-0.25, -0.2) is 4.39 Å². The lowest BCUT2D eigenvalue weighted by atomic mass is 9.94. The van der Waals surface area contributed by atoms with Gasteiger partial charge in [-0.15, -0.1) is 13.2 Å². The van der Waals surface area contributed by atoms with Crippen LogP contribution in [0.3, 0.4) is 0 Å². The lowest BCUT2D eigenvalue weighted by molar-refractivity contribution is -0.275. The van der Waals surface area contributed by atoms with Crippen LogP contribution in [-0.2, 0) is 11.2 Å². The van der Waals surface area contributed by atoms with Crippen LogP contribution >= 0.6 is 0 Å². The zero-order chi connectivity index (χ0) is 25.6. The van der Waals surface area contributed by atoms with Crippen LogP contribution in [0.5, 0.6) is 5.75 Å². The van der Waals surface area contributed by atoms with E-state index in [0.717, 1.165) is 23.3 Å². The number of fused-ring (bicyclic) bond motifs is 3. The van der Waals surface area contributed by atoms with E-state index in [1.165, 1.54) is 12.1 Å². The van der Waals surface area contributed by atoms with Crippen molar-refractivity contribution in [2.45, 2.75) is 12.8 Å². The molecule has 3 aromatic rings. The number of carbonyl (C=O) groups excluding carboxylic acids is 2. The minimum absolute atomic E-state index is 0.107. The second-order valence-electron chi connectivity index (χ2n) is 8.56. The number of morpholine rings is 1. The number of halogens is 4. The van der Waals surface area contributed by atoms with Crippen LogP contribution in [0.15, 0.2) is 48.5 Å². The van der Waals surface area contributed by atoms with Crippen molar-refractivity contribution in [1.82, 2.24) is 4.90 Å². The van der Waals surface area contributed by atoms with E-state index in [9.17, 15) is 27.2 Å². The van der Waals surface area contributed by atoms with Crippen molar-refractivity contribution in [3.05, 3.63) is 76.6 Å². The van der Waals surface area contributed by atoms with Crippen LogP contribution in [0.25, 0.3) is 22.3 Å². The number of ether oxygens (including phenoxy) is 2. The first kappa shape index (κ1) is 23.8. The molecule has 2 N–H and O–H groups in total. The number of nitrogens with zero attached hydrogens (tertiary/aromatic N) is 1. The van der Waals surface area contributed by atoms with Gasteiger partial charge in [0.2, 0.25) is 5.91 Å². The molecule has 0 radical (unpaired) electrons. The van der Waals surface area contributed by atoms with Crippen molar-refractivity contribution in [3.8, 4) is 28.0 Å². The fourth-order valence-corrected chi connectivity index (χ4v) is 4.65. The maximum Gasteiger partial charge on any atom is 0.573 e. The van der Waals surface area contributed by atoms with Crippen molar-refractivity contribution in [2.24, 2.45) is 5.73 Å². The third-order valence-corrected chi connectivity index (χ3v) is 6.31. The topological polar surface area (TPSA) is 81.9 Å². The Balaban J connectivity index is 1.52. The van der Waals surface area contributed by atoms with Gasteiger partial charge < -0.3 is 20.1 Å². The minimum atomic E-state index is -5.03. The molecule has 0 aromatic heterocycles. The molecule has 0 unspecified atom stereocenters. The first-order chi connectivity index (χ1) is 17.1. The molecule has 2 aliphatic rings. The van der Waals surface area contributed by atoms with E-state index in [0.29, 0.717) is 55.0 Å². The summed E-state index contributed by atoms with van der Waals surface area (Å²) in [5.41, 5.74) is 10.0. The van der Waals surface area contributed by atoms with Crippen LogP contribution in [0.1, 0.15) is 31.8 Å². The molecule has 6 nitrogen and oxygen atoms in total. The molecule has 5 rings (SSSR count). The van der Waals surface area contributed by atoms with E-state index < -0.39 is 23.8 Å². The maximum absolute atomic E-state index is 14.4. The van der Waals surface area contributed by atoms with Gasteiger partial charge in [-0.05, 0) is 76.2 Å². The summed E-state index contributed by atoms with van der Waals surface area (Å²) in [4.78, 5) is 26.9. The summed E-state index contributed by atoms with van der Waals surface area (Å²) in [5, 5.41) is 0. The van der Waals surface area contributed by atoms with Gasteiger partial charge in [-0.3, -0.25) is 9.59 Å². The number of benzene rings is 3. The SMILES string of the molecule is NC(=O)c1cc(-c2ccc(OC(F)(F)F)c(F)c2)cc2c1Cc1cc(C(=O)N3CCOCC3)ccc1-2. The molecular formula is C26H20F4N2O4. The number of hydrogen-bond donors (Lipinski definition) is 1. The molecule has 36 heavy (non-hydrogen) atoms. The molecular weight excluding hydrogens is 480 g/mol. The first-order valence-corrected chi connectivity index (χ1v) is 11.1. The summed E-state index contributed by atoms with van der Waals surface area (Å²) >= 11 is 0. The number of nitrogens with two attached hydrogens (primary N) is 1. The van der Waals surface area contributed by atoms with Gasteiger partial charge in [0.25, 0.3) is 5.91 Å². The molecule has 1 aliphatic heterocycles. The Morgan fingerprint density at radius 2 is 1.69 bits per heavy atom. The average Bonchev–Trinajstić information content (AvgIpc) is 3.21. The number of hydrogen-bond acceptors (Lipinski definition) is 4. The van der Waals surface area contributed by atoms with E-state index in [1.54, 1.807) is 29.2 Å². The quantitative estimate of drug-likeness (QED) is 0.418. The normalized spacial score (nSPS) is 14.8. The summed E-state index contributed by atoms with van der Waals surface area (Å²) in [7, 11) is 0. The molecule has 2 amide bonds. The predicted molar refractivity (Wildman–Crippen MR) is 122 cm³/mol. The van der Waals surface area contributed by atoms with Crippen molar-refractivity contribution >= 4 is 11.8 Å². The summed E-state index contributed by atoms with van der Waals surface area (Å²) < 4.78 is 60.8. The summed E-state index contributed by atoms with van der Waals surface area (Å²) in [5.74, 6) is -2.95. The number of carbonyl (C=O) groups is 2. The number of primary amides is 1. The second-order valence-corrected chi connectivity index (χ2v) is 8.56. The third-order valence-electron chi connectivity index (χ3n) is 6.31. The highest BCUT2D eigenvalue weighted by Gasteiger charge is 2.32. The van der Waals surface area contributed by atoms with Gasteiger partial charge in [0.15, 0.2) is 11.6 Å². The summed E-state index contributed by atoms with van der Waals surface area (Å²) in [6.07, 6.45) is -4.65. The Hall–Kier alpha value is -3.92. The Labute approximate surface area is 203 Å². The van der Waals surface area contributed by atoms with Crippen LogP contribution in [-0.4, -0.2) is 49.4 Å². The van der Waals surface area contributed by atoms with Gasteiger partial charge in [-0.1, -0.05) is 12.1 Å². The van der Waals surface area contributed by atoms with Gasteiger partial charge in [0.05, 0.1) is 13.2 Å². The first-order valence-electron chi connectivity index (χ1n) is 11.1. The second kappa shape index (κ2) is 8.94. The molecule has 0 bridgehead atoms. The van der Waals surface area contributed by atoms with Crippen LogP contribution in [0.4, 0.5) is 17.6 Å². The van der Waals surface area contributed by atoms with Crippen molar-refractivity contribution < 1.29 is 36.6 Å². The molecule has 1 heterocycles. The molecule has 186 valence electrons. The smallest absolute Gasteiger partial charge is 0.403 e. The van der Waals surface area contributed by atoms with Gasteiger partial charge >= 0.3 is 6.36 Å². The molecule has 1 saturated heterocycles. The third kappa shape index (κ3) is 4.51. The Kier molecular flexibility index (Phi) is 5.91. The highest BCUT2D eigenvalue weighted by molar-refractivity contribution is 6.01. The standard InChI is InChI=1S/C26H20F4N2O4/c27-22-13-14(2-4-23(22)36-26(28,29)30)16-10-19-18-3-1-15(25(34)32-5-7-35-8-6-32)9-17(18)12-20(19)21(11-16)24(31)33/h1-4,9-11,13H,5-8,12H2,(H2,31,33). The Morgan fingerprint density at radius 1 is 0.944 bits per heavy atom. The molecule has 10 heteroatoms. The number of alkyl halides is 3. The fraction of sp³-hybridized carbons (Fsp3) is 0.231. The van der Waals surface area contributed by atoms with Gasteiger partial charge in [0.1, 0.15) is 0 Å². The predicted octanol–water partition coefficient (Wildman–Crippen LogP) is 4.53. The van der Waals surface area contributed by atoms with Crippen LogP contribution < -0.4 is 10.5 Å². The van der Waals surface area contributed by atoms with Crippen molar-refractivity contribution in [2.75, 3.05) is 26.3 Å². The zero-order valence-electron chi connectivity index (χ0n) is 18.8. The van der Waals surface area contributed by atoms with Crippen LogP contribution in [0, 0.1) is 5.82 Å². The summed E-state index contributed by atoms with van der Waals surface area (Å²) in [6.45, 7) is 1.98. The molecule has 0 atom stereocenters. The van der Waals surface area contributed by atoms with Gasteiger partial charge in [-0.2, -0.15) is 0 Å². The van der Waals surface area contributed by atoms with E-state index in [4.69, 9.17) is 10.5 Å². The Bertz CT molecular complexity index is 1380. The van der Waals surface area contributed by atoms with Gasteiger partial charge in [0, 0.05) is 24.2 Å². The van der Waals surface area contributed by atoms with E-state index >= 15 is 0 Å². The van der Waals surface area contributed by atoms with E-state index in [1.807, 2.05) is 0 Å². The van der Waals surface area contributed by atoms with Crippen molar-refractivity contribution in [3.63, 3.8) is 0 Å². The zero-order valence-corrected chi connectivity index (χ0v) is 18.8. The highest BCUT2D eigenvalue weighted by atomic mass is 19.4. The van der Waals surface area contributed by atoms with E-state index in [-0.39, 0.29) is 17.0 Å². The lowest BCUT2D eigenvalue weighted by Gasteiger charge is -2.27. The number of amides is 2. The van der Waals surface area contributed by atoms with E-state index in [2.05, 4.69) is 4.74 Å². The minimum Gasteiger partial charge on any atom is -0.403 e. The molecule has 3 aromatic carbocycles. The Morgan fingerprint density at radius 3 is 2.36 bits per heavy atom. The molecule has 0 spiro atoms. The summed E-state index contributed by atoms with van der Waals surface area (Å²) in [6, 6.07) is 11.6. The average molecular weight is 500 g/mol. The van der Waals surface area contributed by atoms with Crippen molar-refractivity contribution in [1.29, 1.82) is 0 Å². The molecule has 1 aliphatic carbocycles. The molecule has 1 fully saturated rings. The number of rotatable bonds is 4. The largest absolute Gasteiger partial charge is 0.573 e. The maximum atomic E-state index is 14.4.